The van der Waals surface area contributed by atoms with Crippen molar-refractivity contribution in [2.24, 2.45) is 5.41 Å². The van der Waals surface area contributed by atoms with Gasteiger partial charge in [-0.05, 0) is 12.8 Å². The van der Waals surface area contributed by atoms with E-state index in [4.69, 9.17) is 5.11 Å². The molecule has 0 aromatic heterocycles. The molecule has 0 unspecified atom stereocenters. The number of hydrogen-bond donors (Lipinski definition) is 1. The molecular weight excluding hydrogens is 457 g/mol. The van der Waals surface area contributed by atoms with Crippen molar-refractivity contribution in [2.75, 3.05) is 6.61 Å². The van der Waals surface area contributed by atoms with E-state index in [2.05, 4.69) is 0 Å². The smallest absolute Gasteiger partial charge is 0.339 e. The van der Waals surface area contributed by atoms with E-state index in [0.29, 0.717) is 0 Å². The van der Waals surface area contributed by atoms with Crippen molar-refractivity contribution in [2.45, 2.75) is 65.4 Å². The Morgan fingerprint density at radius 2 is 0.655 bits per heavy atom. The van der Waals surface area contributed by atoms with Crippen LogP contribution in [0.5, 0.6) is 0 Å². The number of alkyl halides is 15. The quantitative estimate of drug-likeness (QED) is 0.600. The van der Waals surface area contributed by atoms with Crippen LogP contribution in [0.4, 0.5) is 65.9 Å². The van der Waals surface area contributed by atoms with Gasteiger partial charge in [0, 0.05) is 6.61 Å². The number of aliphatic hydroxyl groups excluding tert-OH is 1. The molecule has 0 radical (unpaired) electrons. The molecule has 0 heterocycles. The molecule has 0 aliphatic heterocycles. The Morgan fingerprint density at radius 1 is 0.414 bits per heavy atom. The van der Waals surface area contributed by atoms with Crippen molar-refractivity contribution in [3.63, 3.8) is 0 Å². The molecule has 0 saturated heterocycles. The number of halogens is 15. The summed E-state index contributed by atoms with van der Waals surface area (Å²) in [6.07, 6.45) is -4.63. The molecule has 170 valence electrons. The SMILES string of the molecule is OCCCC12C(F)(F)C3(F)C(F)(F)C(F)(C(F)(F)C(F)(C3(F)F)C1(F)F)C2(F)F. The van der Waals surface area contributed by atoms with Gasteiger partial charge in [-0.3, -0.25) is 0 Å². The van der Waals surface area contributed by atoms with Crippen molar-refractivity contribution in [3.8, 4) is 0 Å². The van der Waals surface area contributed by atoms with E-state index in [1.54, 1.807) is 0 Å². The van der Waals surface area contributed by atoms with E-state index in [1.165, 1.54) is 0 Å². The highest BCUT2D eigenvalue weighted by Crippen LogP contribution is 2.91. The lowest BCUT2D eigenvalue weighted by Crippen LogP contribution is -3.07. The fourth-order valence-corrected chi connectivity index (χ4v) is 4.78. The summed E-state index contributed by atoms with van der Waals surface area (Å²) in [7, 11) is 0. The standard InChI is InChI=1S/C13H7F15O/c14-5-8(17,18)4(2-1-3-29)9(19,20)6(15,11(5,23)24)13(27,28)7(16,10(4,21)22)12(5,25)26/h29H,1-3H2. The lowest BCUT2D eigenvalue weighted by molar-refractivity contribution is -0.613. The van der Waals surface area contributed by atoms with Crippen molar-refractivity contribution in [3.05, 3.63) is 0 Å². The highest BCUT2D eigenvalue weighted by atomic mass is 19.3. The van der Waals surface area contributed by atoms with E-state index in [0.717, 1.165) is 0 Å². The number of rotatable bonds is 3. The zero-order chi connectivity index (χ0) is 23.1. The van der Waals surface area contributed by atoms with Gasteiger partial charge >= 0.3 is 52.5 Å². The maximum Gasteiger partial charge on any atom is 0.339 e. The minimum Gasteiger partial charge on any atom is -0.396 e. The summed E-state index contributed by atoms with van der Waals surface area (Å²) in [6.45, 7) is -1.63. The molecule has 4 aliphatic carbocycles. The third-order valence-corrected chi connectivity index (χ3v) is 6.21. The minimum atomic E-state index is -7.74. The van der Waals surface area contributed by atoms with Gasteiger partial charge in [0.2, 0.25) is 0 Å². The minimum absolute atomic E-state index is 1.63. The second-order valence-electron chi connectivity index (χ2n) is 7.15. The monoisotopic (exact) mass is 464 g/mol. The summed E-state index contributed by atoms with van der Waals surface area (Å²) < 4.78 is 215. The molecule has 4 saturated carbocycles. The van der Waals surface area contributed by atoms with E-state index < -0.39 is 77.4 Å². The fourth-order valence-electron chi connectivity index (χ4n) is 4.78. The zero-order valence-electron chi connectivity index (χ0n) is 13.2. The molecule has 0 atom stereocenters. The average Bonchev–Trinajstić information content (AvgIpc) is 2.55. The molecule has 4 aliphatic rings. The van der Waals surface area contributed by atoms with Crippen LogP contribution in [0.2, 0.25) is 0 Å². The van der Waals surface area contributed by atoms with Gasteiger partial charge in [0.1, 0.15) is 0 Å². The lowest BCUT2D eigenvalue weighted by Gasteiger charge is -2.75. The predicted octanol–water partition coefficient (Wildman–Crippen LogP) is 4.72. The Morgan fingerprint density at radius 3 is 0.862 bits per heavy atom. The first-order valence-electron chi connectivity index (χ1n) is 7.50. The number of hydrogen-bond acceptors (Lipinski definition) is 1. The molecule has 4 bridgehead atoms. The van der Waals surface area contributed by atoms with Gasteiger partial charge in [-0.25, -0.2) is 39.5 Å². The third kappa shape index (κ3) is 1.33. The van der Waals surface area contributed by atoms with Gasteiger partial charge in [0.25, 0.3) is 0 Å². The van der Waals surface area contributed by atoms with Crippen molar-refractivity contribution < 1.29 is 71.0 Å². The molecule has 4 fully saturated rings. The van der Waals surface area contributed by atoms with Gasteiger partial charge < -0.3 is 5.11 Å². The third-order valence-electron chi connectivity index (χ3n) is 6.21. The van der Waals surface area contributed by atoms with Crippen LogP contribution in [0.15, 0.2) is 0 Å². The first-order chi connectivity index (χ1) is 12.6. The number of aliphatic hydroxyl groups is 1. The summed E-state index contributed by atoms with van der Waals surface area (Å²) in [4.78, 5) is 0. The van der Waals surface area contributed by atoms with Crippen molar-refractivity contribution >= 4 is 0 Å². The van der Waals surface area contributed by atoms with Crippen LogP contribution in [-0.2, 0) is 0 Å². The molecule has 0 aromatic carbocycles. The van der Waals surface area contributed by atoms with Crippen LogP contribution in [0.1, 0.15) is 12.8 Å². The Labute approximate surface area is 149 Å². The lowest BCUT2D eigenvalue weighted by atomic mass is 9.36. The Bertz CT molecular complexity index is 644. The van der Waals surface area contributed by atoms with Gasteiger partial charge in [-0.15, -0.1) is 0 Å². The summed E-state index contributed by atoms with van der Waals surface area (Å²) >= 11 is 0. The van der Waals surface area contributed by atoms with E-state index in [1.807, 2.05) is 0 Å². The molecule has 4 rings (SSSR count). The largest absolute Gasteiger partial charge is 0.396 e. The maximum absolute atomic E-state index is 14.6. The van der Waals surface area contributed by atoms with E-state index in [9.17, 15) is 65.9 Å². The second kappa shape index (κ2) is 4.71. The highest BCUT2D eigenvalue weighted by molar-refractivity contribution is 5.52. The summed E-state index contributed by atoms with van der Waals surface area (Å²) in [5.74, 6) is -45.3. The first-order valence-corrected chi connectivity index (χ1v) is 7.50. The molecule has 29 heavy (non-hydrogen) atoms. The second-order valence-corrected chi connectivity index (χ2v) is 7.15. The van der Waals surface area contributed by atoms with Crippen LogP contribution < -0.4 is 0 Å². The normalized spacial score (nSPS) is 49.2. The van der Waals surface area contributed by atoms with Crippen molar-refractivity contribution in [1.29, 1.82) is 0 Å². The summed E-state index contributed by atoms with van der Waals surface area (Å²) in [5, 5.41) is 8.52. The van der Waals surface area contributed by atoms with E-state index >= 15 is 0 Å². The summed E-state index contributed by atoms with van der Waals surface area (Å²) in [5.41, 5.74) is -29.0. The van der Waals surface area contributed by atoms with Gasteiger partial charge in [0.15, 0.2) is 5.41 Å². The van der Waals surface area contributed by atoms with Gasteiger partial charge in [-0.1, -0.05) is 0 Å². The highest BCUT2D eigenvalue weighted by Gasteiger charge is 3.22. The average molecular weight is 464 g/mol. The zero-order valence-corrected chi connectivity index (χ0v) is 13.2. The fraction of sp³-hybridized carbons (Fsp3) is 1.00. The summed E-state index contributed by atoms with van der Waals surface area (Å²) in [6, 6.07) is 0. The van der Waals surface area contributed by atoms with Gasteiger partial charge in [-0.2, -0.15) is 26.3 Å². The Kier molecular flexibility index (Phi) is 3.67. The first kappa shape index (κ1) is 22.6. The Hall–Kier alpha value is -1.09. The van der Waals surface area contributed by atoms with Crippen LogP contribution in [-0.4, -0.2) is 64.3 Å². The molecule has 1 N–H and O–H groups in total. The molecule has 0 amide bonds. The van der Waals surface area contributed by atoms with Crippen LogP contribution in [0, 0.1) is 5.41 Å². The van der Waals surface area contributed by atoms with Crippen LogP contribution >= 0.6 is 0 Å². The predicted molar refractivity (Wildman–Crippen MR) is 60.0 cm³/mol. The van der Waals surface area contributed by atoms with Crippen molar-refractivity contribution in [1.82, 2.24) is 0 Å². The molecule has 0 spiro atoms. The van der Waals surface area contributed by atoms with Crippen LogP contribution in [0.3, 0.4) is 0 Å². The van der Waals surface area contributed by atoms with E-state index in [-0.39, 0.29) is 0 Å². The maximum atomic E-state index is 14.6. The molecular formula is C13H7F15O. The van der Waals surface area contributed by atoms with Gasteiger partial charge in [0.05, 0.1) is 0 Å². The molecule has 16 heteroatoms. The Balaban J connectivity index is 2.67. The molecule has 0 aromatic rings. The molecule has 1 nitrogen and oxygen atoms in total. The topological polar surface area (TPSA) is 20.2 Å². The van der Waals surface area contributed by atoms with Crippen LogP contribution in [0.25, 0.3) is 0 Å².